The minimum Gasteiger partial charge on any atom is -0.507 e. The van der Waals surface area contributed by atoms with Crippen LogP contribution in [0.3, 0.4) is 0 Å². The standard InChI is InChI=1S/C55H72N12O5S/c1-6-21-56-53-51-45(29-44(59-60-51)43-9-7-8-10-47(43)69)67(61-53)41-19-26-64(27-20-41)40-17-22-63(23-18-40)31-37-15-24-65(25-16-37)49-30-48(72-62-49)50(34(2)3)55(71)66-32-42(68)28-46(66)54(70)58-35(4)38-11-13-39(14-12-38)52-36(5)57-33-73-52/h7-14,29-30,33-35,37,40-42,46,50,68-69H,6,15-28,31-32H2,1-5H3,(H,56,61)(H,58,70)/t35-,42+,46-,50?/m0/s1. The lowest BCUT2D eigenvalue weighted by molar-refractivity contribution is -0.141. The summed E-state index contributed by atoms with van der Waals surface area (Å²) in [5, 5.41) is 46.6. The minimum atomic E-state index is -0.797. The van der Waals surface area contributed by atoms with Crippen molar-refractivity contribution >= 4 is 45.8 Å². The molecule has 10 rings (SSSR count). The van der Waals surface area contributed by atoms with Gasteiger partial charge in [-0.15, -0.1) is 21.5 Å². The van der Waals surface area contributed by atoms with Crippen LogP contribution in [0.5, 0.6) is 5.75 Å². The number of aliphatic hydroxyl groups excluding tert-OH is 1. The van der Waals surface area contributed by atoms with Crippen LogP contribution in [0.4, 0.5) is 11.6 Å². The first-order chi connectivity index (χ1) is 35.4. The van der Waals surface area contributed by atoms with Crippen molar-refractivity contribution < 1.29 is 24.3 Å². The zero-order chi connectivity index (χ0) is 50.8. The normalized spacial score (nSPS) is 20.8. The number of carbonyl (C=O) groups excluding carboxylic acids is 2. The van der Waals surface area contributed by atoms with Crippen LogP contribution in [-0.4, -0.2) is 144 Å². The number of β-amino-alcohol motifs (C(OH)–C–C–N with tert-alkyl or cyclic N) is 1. The Hall–Kier alpha value is -5.95. The molecule has 0 spiro atoms. The lowest BCUT2D eigenvalue weighted by Crippen LogP contribution is -2.49. The molecule has 6 aromatic rings. The molecule has 4 saturated heterocycles. The maximum absolute atomic E-state index is 14.4. The molecule has 0 radical (unpaired) electrons. The van der Waals surface area contributed by atoms with Crippen molar-refractivity contribution in [3.63, 3.8) is 0 Å². The van der Waals surface area contributed by atoms with Gasteiger partial charge < -0.3 is 45.0 Å². The Bertz CT molecular complexity index is 2820. The van der Waals surface area contributed by atoms with Crippen molar-refractivity contribution in [1.82, 2.24) is 50.1 Å². The minimum absolute atomic E-state index is 0.0901. The molecule has 4 aromatic heterocycles. The summed E-state index contributed by atoms with van der Waals surface area (Å²) in [6.45, 7) is 18.1. The highest BCUT2D eigenvalue weighted by atomic mass is 32.1. The van der Waals surface area contributed by atoms with Crippen molar-refractivity contribution in [3.05, 3.63) is 83.2 Å². The van der Waals surface area contributed by atoms with Crippen LogP contribution in [0.2, 0.25) is 0 Å². The molecule has 0 aliphatic carbocycles. The summed E-state index contributed by atoms with van der Waals surface area (Å²) >= 11 is 1.60. The lowest BCUT2D eigenvalue weighted by atomic mass is 9.91. The summed E-state index contributed by atoms with van der Waals surface area (Å²) in [5.74, 6) is 1.53. The van der Waals surface area contributed by atoms with Crippen LogP contribution in [-0.2, 0) is 9.59 Å². The van der Waals surface area contributed by atoms with Crippen LogP contribution in [0.15, 0.2) is 70.7 Å². The molecule has 8 heterocycles. The quantitative estimate of drug-likeness (QED) is 0.0728. The van der Waals surface area contributed by atoms with E-state index in [-0.39, 0.29) is 48.5 Å². The van der Waals surface area contributed by atoms with E-state index in [1.54, 1.807) is 22.3 Å². The number of amides is 2. The number of thiazole rings is 1. The van der Waals surface area contributed by atoms with E-state index in [1.807, 2.05) is 87.8 Å². The second-order valence-corrected chi connectivity index (χ2v) is 22.1. The average Bonchev–Trinajstić information content (AvgIpc) is 4.23. The Labute approximate surface area is 432 Å². The highest BCUT2D eigenvalue weighted by Crippen LogP contribution is 2.37. The number of para-hydroxylation sites is 1. The van der Waals surface area contributed by atoms with E-state index in [0.29, 0.717) is 29.0 Å². The molecule has 18 heteroatoms. The maximum Gasteiger partial charge on any atom is 0.243 e. The molecule has 4 N–H and O–H groups in total. The number of hydrogen-bond donors (Lipinski definition) is 4. The van der Waals surface area contributed by atoms with Gasteiger partial charge in [-0.3, -0.25) is 14.3 Å². The molecular formula is C55H72N12O5S. The van der Waals surface area contributed by atoms with E-state index in [9.17, 15) is 19.8 Å². The molecule has 1 unspecified atom stereocenters. The Balaban J connectivity index is 0.688. The number of nitrogens with one attached hydrogen (secondary N) is 2. The second kappa shape index (κ2) is 22.3. The Kier molecular flexibility index (Phi) is 15.4. The third-order valence-corrected chi connectivity index (χ3v) is 16.9. The first kappa shape index (κ1) is 50.6. The number of fused-ring (bicyclic) bond motifs is 1. The summed E-state index contributed by atoms with van der Waals surface area (Å²) in [6.07, 6.45) is 6.90. The second-order valence-electron chi connectivity index (χ2n) is 21.3. The third kappa shape index (κ3) is 11.0. The number of aliphatic hydroxyl groups is 1. The number of nitrogens with zero attached hydrogens (tertiary/aromatic N) is 10. The number of aromatic nitrogens is 6. The fraction of sp³-hybridized carbons (Fsp3) is 0.545. The van der Waals surface area contributed by atoms with Gasteiger partial charge in [0.2, 0.25) is 11.8 Å². The number of piperidine rings is 3. The number of anilines is 2. The van der Waals surface area contributed by atoms with E-state index < -0.39 is 18.1 Å². The number of phenols is 1. The number of phenolic OH excluding ortho intramolecular Hbond substituents is 1. The number of aryl methyl sites for hydroxylation is 1. The first-order valence-corrected chi connectivity index (χ1v) is 27.6. The van der Waals surface area contributed by atoms with Gasteiger partial charge in [0.1, 0.15) is 17.7 Å². The van der Waals surface area contributed by atoms with Gasteiger partial charge in [-0.1, -0.05) is 62.3 Å². The van der Waals surface area contributed by atoms with Crippen molar-refractivity contribution in [1.29, 1.82) is 0 Å². The highest BCUT2D eigenvalue weighted by molar-refractivity contribution is 7.13. The van der Waals surface area contributed by atoms with E-state index in [0.717, 1.165) is 129 Å². The van der Waals surface area contributed by atoms with Crippen molar-refractivity contribution in [2.24, 2.45) is 11.8 Å². The van der Waals surface area contributed by atoms with Crippen LogP contribution in [0, 0.1) is 18.8 Å². The zero-order valence-electron chi connectivity index (χ0n) is 43.0. The SMILES string of the molecule is CCCNc1nn(C2CCN(C3CCN(CC4CCN(c5cc(C(C(=O)N6C[C@H](O)C[C@H]6C(=O)N[C@@H](C)c6ccc(-c7scnc7C)cc6)C(C)C)on5)CC4)CC3)CC2)c2cc(-c3ccccc3O)nnc12. The Morgan fingerprint density at radius 2 is 1.64 bits per heavy atom. The first-order valence-electron chi connectivity index (χ1n) is 26.7. The smallest absolute Gasteiger partial charge is 0.243 e. The van der Waals surface area contributed by atoms with Crippen molar-refractivity contribution in [3.8, 4) is 27.4 Å². The predicted molar refractivity (Wildman–Crippen MR) is 284 cm³/mol. The van der Waals surface area contributed by atoms with Crippen molar-refractivity contribution in [2.45, 2.75) is 122 Å². The molecule has 73 heavy (non-hydrogen) atoms. The van der Waals surface area contributed by atoms with Crippen LogP contribution < -0.4 is 15.5 Å². The topological polar surface area (TPSA) is 194 Å². The zero-order valence-corrected chi connectivity index (χ0v) is 43.8. The van der Waals surface area contributed by atoms with Gasteiger partial charge in [0.15, 0.2) is 22.9 Å². The molecule has 4 aliphatic heterocycles. The van der Waals surface area contributed by atoms with Gasteiger partial charge >= 0.3 is 0 Å². The van der Waals surface area contributed by atoms with Gasteiger partial charge in [0.05, 0.1) is 45.5 Å². The molecule has 4 fully saturated rings. The fourth-order valence-electron chi connectivity index (χ4n) is 11.8. The molecule has 4 aliphatic rings. The number of carbonyl (C=O) groups is 2. The summed E-state index contributed by atoms with van der Waals surface area (Å²) in [4.78, 5) is 42.9. The maximum atomic E-state index is 14.4. The van der Waals surface area contributed by atoms with Gasteiger partial charge in [0, 0.05) is 69.9 Å². The number of aromatic hydroxyl groups is 1. The van der Waals surface area contributed by atoms with Gasteiger partial charge in [-0.05, 0) is 113 Å². The monoisotopic (exact) mass is 1010 g/mol. The third-order valence-electron chi connectivity index (χ3n) is 15.9. The Morgan fingerprint density at radius 1 is 0.904 bits per heavy atom. The Morgan fingerprint density at radius 3 is 2.34 bits per heavy atom. The molecule has 2 aromatic carbocycles. The molecule has 388 valence electrons. The molecule has 2 amide bonds. The summed E-state index contributed by atoms with van der Waals surface area (Å²) < 4.78 is 8.13. The van der Waals surface area contributed by atoms with Crippen LogP contribution in [0.25, 0.3) is 32.7 Å². The number of likely N-dealkylation sites (tertiary alicyclic amines) is 3. The summed E-state index contributed by atoms with van der Waals surface area (Å²) in [7, 11) is 0. The molecule has 0 saturated carbocycles. The van der Waals surface area contributed by atoms with Gasteiger partial charge in [-0.2, -0.15) is 5.10 Å². The number of benzene rings is 2. The van der Waals surface area contributed by atoms with Crippen LogP contribution >= 0.6 is 11.3 Å². The molecule has 0 bridgehead atoms. The summed E-state index contributed by atoms with van der Waals surface area (Å²) in [5.41, 5.74) is 7.90. The molecule has 4 atom stereocenters. The van der Waals surface area contributed by atoms with Gasteiger partial charge in [0.25, 0.3) is 0 Å². The van der Waals surface area contributed by atoms with E-state index >= 15 is 0 Å². The number of rotatable bonds is 16. The van der Waals surface area contributed by atoms with E-state index in [1.165, 1.54) is 12.8 Å². The van der Waals surface area contributed by atoms with Crippen LogP contribution in [0.1, 0.15) is 114 Å². The molecular weight excluding hydrogens is 941 g/mol. The lowest BCUT2D eigenvalue weighted by Gasteiger charge is -2.43. The molecule has 17 nitrogen and oxygen atoms in total. The fourth-order valence-corrected chi connectivity index (χ4v) is 12.6. The number of hydrogen-bond acceptors (Lipinski definition) is 15. The van der Waals surface area contributed by atoms with Gasteiger partial charge in [-0.25, -0.2) is 4.98 Å². The van der Waals surface area contributed by atoms with E-state index in [4.69, 9.17) is 9.62 Å². The highest BCUT2D eigenvalue weighted by Gasteiger charge is 2.44. The predicted octanol–water partition coefficient (Wildman–Crippen LogP) is 8.04. The largest absolute Gasteiger partial charge is 0.507 e. The summed E-state index contributed by atoms with van der Waals surface area (Å²) in [6, 6.07) is 19.1. The van der Waals surface area contributed by atoms with Crippen molar-refractivity contribution in [2.75, 3.05) is 69.1 Å². The van der Waals surface area contributed by atoms with E-state index in [2.05, 4.69) is 57.3 Å². The average molecular weight is 1010 g/mol.